The normalized spacial score (nSPS) is 11.3. The third-order valence-electron chi connectivity index (χ3n) is 3.08. The maximum absolute atomic E-state index is 13.3. The van der Waals surface area contributed by atoms with Crippen molar-refractivity contribution in [3.8, 4) is 10.6 Å². The molecule has 0 aliphatic heterocycles. The summed E-state index contributed by atoms with van der Waals surface area (Å²) in [5.74, 6) is 0.157. The number of nitrogens with one attached hydrogen (secondary N) is 1. The molecule has 0 saturated heterocycles. The van der Waals surface area contributed by atoms with Crippen LogP contribution in [0.15, 0.2) is 18.2 Å². The summed E-state index contributed by atoms with van der Waals surface area (Å²) >= 11 is 7.52. The van der Waals surface area contributed by atoms with Crippen LogP contribution in [0, 0.1) is 11.7 Å². The first-order chi connectivity index (χ1) is 10.0. The summed E-state index contributed by atoms with van der Waals surface area (Å²) in [7, 11) is 0. The second-order valence-corrected chi connectivity index (χ2v) is 6.89. The lowest BCUT2D eigenvalue weighted by molar-refractivity contribution is 0.627. The van der Waals surface area contributed by atoms with Crippen molar-refractivity contribution in [3.05, 3.63) is 39.6 Å². The highest BCUT2D eigenvalue weighted by Gasteiger charge is 2.14. The Hall–Kier alpha value is -0.970. The quantitative estimate of drug-likeness (QED) is 0.815. The van der Waals surface area contributed by atoms with Gasteiger partial charge in [0.1, 0.15) is 10.8 Å². The van der Waals surface area contributed by atoms with Gasteiger partial charge in [0.2, 0.25) is 0 Å². The molecule has 0 unspecified atom stereocenters. The van der Waals surface area contributed by atoms with Crippen LogP contribution in [0.3, 0.4) is 0 Å². The molecule has 5 heteroatoms. The molecular weight excluding hydrogens is 307 g/mol. The number of halogens is 2. The van der Waals surface area contributed by atoms with Crippen LogP contribution in [0.1, 0.15) is 31.3 Å². The molecule has 2 aromatic rings. The molecule has 21 heavy (non-hydrogen) atoms. The molecular formula is C16H20ClFN2S. The monoisotopic (exact) mass is 326 g/mol. The first-order valence-electron chi connectivity index (χ1n) is 7.16. The predicted molar refractivity (Wildman–Crippen MR) is 88.4 cm³/mol. The Kier molecular flexibility index (Phi) is 5.73. The first-order valence-corrected chi connectivity index (χ1v) is 8.35. The van der Waals surface area contributed by atoms with Crippen molar-refractivity contribution in [2.45, 2.75) is 33.7 Å². The number of thiazole rings is 1. The number of nitrogens with zero attached hydrogens (tertiary/aromatic N) is 1. The van der Waals surface area contributed by atoms with E-state index < -0.39 is 5.82 Å². The molecule has 0 amide bonds. The zero-order valence-corrected chi connectivity index (χ0v) is 14.1. The zero-order valence-electron chi connectivity index (χ0n) is 12.5. The van der Waals surface area contributed by atoms with E-state index in [4.69, 9.17) is 16.6 Å². The van der Waals surface area contributed by atoms with Crippen molar-refractivity contribution < 1.29 is 4.39 Å². The number of aromatic nitrogens is 1. The average Bonchev–Trinajstić information content (AvgIpc) is 2.82. The van der Waals surface area contributed by atoms with Gasteiger partial charge in [0.15, 0.2) is 0 Å². The highest BCUT2D eigenvalue weighted by molar-refractivity contribution is 7.15. The molecule has 1 aromatic heterocycles. The van der Waals surface area contributed by atoms with E-state index in [1.54, 1.807) is 23.5 Å². The molecule has 0 fully saturated rings. The van der Waals surface area contributed by atoms with E-state index in [9.17, 15) is 4.39 Å². The molecule has 0 atom stereocenters. The molecule has 0 spiro atoms. The van der Waals surface area contributed by atoms with E-state index in [1.807, 2.05) is 0 Å². The Morgan fingerprint density at radius 3 is 2.76 bits per heavy atom. The lowest BCUT2D eigenvalue weighted by Gasteiger charge is -2.04. The van der Waals surface area contributed by atoms with Gasteiger partial charge in [0, 0.05) is 17.0 Å². The molecule has 2 rings (SSSR count). The van der Waals surface area contributed by atoms with Gasteiger partial charge in [-0.2, -0.15) is 0 Å². The van der Waals surface area contributed by atoms with Gasteiger partial charge in [-0.1, -0.05) is 32.4 Å². The van der Waals surface area contributed by atoms with E-state index in [0.717, 1.165) is 35.8 Å². The molecule has 0 bridgehead atoms. The van der Waals surface area contributed by atoms with Crippen LogP contribution < -0.4 is 5.32 Å². The third kappa shape index (κ3) is 4.25. The Bertz CT molecular complexity index is 610. The lowest BCUT2D eigenvalue weighted by atomic mass is 10.1. The smallest absolute Gasteiger partial charge is 0.141 e. The van der Waals surface area contributed by atoms with Gasteiger partial charge in [-0.15, -0.1) is 11.3 Å². The fraction of sp³-hybridized carbons (Fsp3) is 0.438. The predicted octanol–water partition coefficient (Wildman–Crippen LogP) is 4.91. The first kappa shape index (κ1) is 16.4. The summed E-state index contributed by atoms with van der Waals surface area (Å²) in [6.45, 7) is 8.21. The molecule has 2 nitrogen and oxygen atoms in total. The molecule has 1 heterocycles. The minimum Gasteiger partial charge on any atom is -0.312 e. The Morgan fingerprint density at radius 2 is 2.14 bits per heavy atom. The van der Waals surface area contributed by atoms with Crippen LogP contribution >= 0.6 is 22.9 Å². The summed E-state index contributed by atoms with van der Waals surface area (Å²) in [6, 6.07) is 4.77. The van der Waals surface area contributed by atoms with Gasteiger partial charge in [-0.05, 0) is 37.1 Å². The SMILES string of the molecule is CCNCc1sc(-c2ccc(F)c(Cl)c2)nc1CC(C)C. The second kappa shape index (κ2) is 7.34. The highest BCUT2D eigenvalue weighted by atomic mass is 35.5. The van der Waals surface area contributed by atoms with Crippen LogP contribution in [0.5, 0.6) is 0 Å². The van der Waals surface area contributed by atoms with Gasteiger partial charge in [-0.3, -0.25) is 0 Å². The summed E-state index contributed by atoms with van der Waals surface area (Å²) in [5, 5.41) is 4.39. The molecule has 1 N–H and O–H groups in total. The zero-order chi connectivity index (χ0) is 15.4. The average molecular weight is 327 g/mol. The van der Waals surface area contributed by atoms with Crippen LogP contribution in [0.4, 0.5) is 4.39 Å². The van der Waals surface area contributed by atoms with Gasteiger partial charge in [-0.25, -0.2) is 9.37 Å². The molecule has 0 saturated carbocycles. The minimum absolute atomic E-state index is 0.140. The number of rotatable bonds is 6. The molecule has 0 aliphatic carbocycles. The fourth-order valence-electron chi connectivity index (χ4n) is 2.06. The summed E-state index contributed by atoms with van der Waals surface area (Å²) < 4.78 is 13.3. The summed E-state index contributed by atoms with van der Waals surface area (Å²) in [4.78, 5) is 5.99. The Morgan fingerprint density at radius 1 is 1.38 bits per heavy atom. The minimum atomic E-state index is -0.396. The van der Waals surface area contributed by atoms with E-state index in [0.29, 0.717) is 5.92 Å². The molecule has 114 valence electrons. The van der Waals surface area contributed by atoms with Crippen LogP contribution in [-0.4, -0.2) is 11.5 Å². The Labute approximate surface area is 134 Å². The summed E-state index contributed by atoms with van der Waals surface area (Å²) in [5.41, 5.74) is 2.01. The van der Waals surface area contributed by atoms with Crippen molar-refractivity contribution in [2.75, 3.05) is 6.54 Å². The van der Waals surface area contributed by atoms with Crippen LogP contribution in [0.2, 0.25) is 5.02 Å². The van der Waals surface area contributed by atoms with Gasteiger partial charge < -0.3 is 5.32 Å². The Balaban J connectivity index is 2.34. The van der Waals surface area contributed by atoms with Crippen molar-refractivity contribution in [1.29, 1.82) is 0 Å². The largest absolute Gasteiger partial charge is 0.312 e. The number of benzene rings is 1. The fourth-order valence-corrected chi connectivity index (χ4v) is 3.29. The summed E-state index contributed by atoms with van der Waals surface area (Å²) in [6.07, 6.45) is 0.951. The van der Waals surface area contributed by atoms with Crippen molar-refractivity contribution in [1.82, 2.24) is 10.3 Å². The van der Waals surface area contributed by atoms with E-state index in [2.05, 4.69) is 26.1 Å². The van der Waals surface area contributed by atoms with Crippen molar-refractivity contribution in [3.63, 3.8) is 0 Å². The number of hydrogen-bond acceptors (Lipinski definition) is 3. The topological polar surface area (TPSA) is 24.9 Å². The second-order valence-electron chi connectivity index (χ2n) is 5.40. The maximum atomic E-state index is 13.3. The molecule has 1 aromatic carbocycles. The van der Waals surface area contributed by atoms with Crippen molar-refractivity contribution in [2.24, 2.45) is 5.92 Å². The van der Waals surface area contributed by atoms with E-state index >= 15 is 0 Å². The number of hydrogen-bond donors (Lipinski definition) is 1. The van der Waals surface area contributed by atoms with Gasteiger partial charge in [0.25, 0.3) is 0 Å². The standard InChI is InChI=1S/C16H20ClFN2S/c1-4-19-9-15-14(7-10(2)3)20-16(21-15)11-5-6-13(18)12(17)8-11/h5-6,8,10,19H,4,7,9H2,1-3H3. The van der Waals surface area contributed by atoms with E-state index in [1.165, 1.54) is 10.9 Å². The molecule has 0 aliphatic rings. The molecule has 0 radical (unpaired) electrons. The van der Waals surface area contributed by atoms with Crippen molar-refractivity contribution >= 4 is 22.9 Å². The van der Waals surface area contributed by atoms with Gasteiger partial charge >= 0.3 is 0 Å². The maximum Gasteiger partial charge on any atom is 0.141 e. The highest BCUT2D eigenvalue weighted by Crippen LogP contribution is 2.31. The van der Waals surface area contributed by atoms with Crippen LogP contribution in [-0.2, 0) is 13.0 Å². The van der Waals surface area contributed by atoms with E-state index in [-0.39, 0.29) is 5.02 Å². The van der Waals surface area contributed by atoms with Crippen LogP contribution in [0.25, 0.3) is 10.6 Å². The lowest BCUT2D eigenvalue weighted by Crippen LogP contribution is -2.12. The van der Waals surface area contributed by atoms with Gasteiger partial charge in [0.05, 0.1) is 10.7 Å². The third-order valence-corrected chi connectivity index (χ3v) is 4.52.